The summed E-state index contributed by atoms with van der Waals surface area (Å²) >= 11 is 0. The summed E-state index contributed by atoms with van der Waals surface area (Å²) in [6.45, 7) is 0. The fraction of sp³-hybridized carbons (Fsp3) is 0.267. The number of carbonyl (C=O) groups excluding carboxylic acids is 1. The second-order valence-corrected chi connectivity index (χ2v) is 3.92. The zero-order valence-corrected chi connectivity index (χ0v) is 11.1. The third-order valence-electron chi connectivity index (χ3n) is 2.92. The quantitative estimate of drug-likeness (QED) is 0.516. The molecule has 0 aliphatic heterocycles. The molecule has 19 heavy (non-hydrogen) atoms. The van der Waals surface area contributed by atoms with Crippen LogP contribution in [0.5, 0.6) is 0 Å². The van der Waals surface area contributed by atoms with E-state index in [0.29, 0.717) is 0 Å². The number of hydrogen-bond acceptors (Lipinski definition) is 4. The standard InChI is InChI=1S/C14H16O2.CHNO/c1-15-14(16-2)10-6-9-13(11-14)12-7-4-3-5-8-12;2-1-3/h3-10H,11H2,1-2H3;2H. The number of ether oxygens (including phenoxy) is 2. The SMILES string of the molecule is COC1(OC)C=CC=C(c2ccccc2)C1.N=C=O. The van der Waals surface area contributed by atoms with Crippen molar-refractivity contribution >= 4 is 11.7 Å². The molecule has 0 saturated carbocycles. The largest absolute Gasteiger partial charge is 0.349 e. The molecule has 2 rings (SSSR count). The van der Waals surface area contributed by atoms with Gasteiger partial charge in [0, 0.05) is 20.6 Å². The molecule has 1 aromatic rings. The molecule has 0 unspecified atom stereocenters. The van der Waals surface area contributed by atoms with Crippen LogP contribution < -0.4 is 0 Å². The van der Waals surface area contributed by atoms with E-state index >= 15 is 0 Å². The third-order valence-corrected chi connectivity index (χ3v) is 2.92. The van der Waals surface area contributed by atoms with Gasteiger partial charge in [-0.15, -0.1) is 0 Å². The molecule has 1 N–H and O–H groups in total. The summed E-state index contributed by atoms with van der Waals surface area (Å²) in [6.07, 6.45) is 7.52. The first-order chi connectivity index (χ1) is 9.21. The van der Waals surface area contributed by atoms with Gasteiger partial charge in [0.25, 0.3) is 0 Å². The minimum absolute atomic E-state index is 0.611. The van der Waals surface area contributed by atoms with Crippen molar-refractivity contribution in [1.29, 1.82) is 5.41 Å². The van der Waals surface area contributed by atoms with E-state index in [2.05, 4.69) is 18.2 Å². The number of methoxy groups -OCH3 is 2. The number of hydrogen-bond donors (Lipinski definition) is 1. The van der Waals surface area contributed by atoms with Crippen molar-refractivity contribution in [2.45, 2.75) is 12.2 Å². The summed E-state index contributed by atoms with van der Waals surface area (Å²) in [5, 5.41) is 5.40. The lowest BCUT2D eigenvalue weighted by Crippen LogP contribution is -2.32. The molecule has 0 bridgehead atoms. The topological polar surface area (TPSA) is 59.4 Å². The second-order valence-electron chi connectivity index (χ2n) is 3.92. The molecule has 0 radical (unpaired) electrons. The van der Waals surface area contributed by atoms with Crippen molar-refractivity contribution in [2.24, 2.45) is 0 Å². The van der Waals surface area contributed by atoms with Crippen LogP contribution in [0.3, 0.4) is 0 Å². The molecule has 4 nitrogen and oxygen atoms in total. The van der Waals surface area contributed by atoms with E-state index in [4.69, 9.17) is 19.7 Å². The lowest BCUT2D eigenvalue weighted by atomic mass is 9.93. The molecule has 0 atom stereocenters. The van der Waals surface area contributed by atoms with E-state index in [-0.39, 0.29) is 0 Å². The summed E-state index contributed by atoms with van der Waals surface area (Å²) in [6, 6.07) is 10.3. The average molecular weight is 259 g/mol. The normalized spacial score (nSPS) is 15.8. The monoisotopic (exact) mass is 259 g/mol. The number of allylic oxidation sites excluding steroid dienone is 2. The molecule has 0 aromatic heterocycles. The number of rotatable bonds is 3. The highest BCUT2D eigenvalue weighted by Crippen LogP contribution is 2.32. The summed E-state index contributed by atoms with van der Waals surface area (Å²) < 4.78 is 10.9. The van der Waals surface area contributed by atoms with Crippen molar-refractivity contribution in [3.8, 4) is 0 Å². The van der Waals surface area contributed by atoms with Gasteiger partial charge in [0.05, 0.1) is 0 Å². The van der Waals surface area contributed by atoms with Gasteiger partial charge in [-0.1, -0.05) is 42.5 Å². The van der Waals surface area contributed by atoms with Crippen molar-refractivity contribution in [3.63, 3.8) is 0 Å². The Balaban J connectivity index is 0.000000550. The lowest BCUT2D eigenvalue weighted by Gasteiger charge is -2.30. The van der Waals surface area contributed by atoms with Gasteiger partial charge in [-0.3, -0.25) is 0 Å². The second kappa shape index (κ2) is 7.44. The van der Waals surface area contributed by atoms with E-state index < -0.39 is 5.79 Å². The van der Waals surface area contributed by atoms with Gasteiger partial charge in [-0.2, -0.15) is 0 Å². The summed E-state index contributed by atoms with van der Waals surface area (Å²) in [7, 11) is 3.34. The van der Waals surface area contributed by atoms with Gasteiger partial charge in [0.1, 0.15) is 0 Å². The zero-order valence-electron chi connectivity index (χ0n) is 11.1. The Bertz CT molecular complexity index is 481. The average Bonchev–Trinajstić information content (AvgIpc) is 2.49. The maximum absolute atomic E-state index is 8.35. The van der Waals surface area contributed by atoms with Gasteiger partial charge >= 0.3 is 0 Å². The van der Waals surface area contributed by atoms with E-state index in [1.807, 2.05) is 30.4 Å². The molecule has 0 spiro atoms. The molecule has 0 fully saturated rings. The Morgan fingerprint density at radius 3 is 2.32 bits per heavy atom. The van der Waals surface area contributed by atoms with Crippen molar-refractivity contribution in [2.75, 3.05) is 14.2 Å². The molecular weight excluding hydrogens is 242 g/mol. The van der Waals surface area contributed by atoms with Gasteiger partial charge < -0.3 is 9.47 Å². The molecule has 1 aromatic carbocycles. The summed E-state index contributed by atoms with van der Waals surface area (Å²) in [5.41, 5.74) is 2.44. The van der Waals surface area contributed by atoms with Crippen LogP contribution in [0, 0.1) is 5.41 Å². The van der Waals surface area contributed by atoms with Gasteiger partial charge in [-0.05, 0) is 17.2 Å². The minimum atomic E-state index is -0.611. The Morgan fingerprint density at radius 1 is 1.21 bits per heavy atom. The molecule has 100 valence electrons. The molecule has 0 heterocycles. The smallest absolute Gasteiger partial charge is 0.231 e. The molecular formula is C15H17NO3. The predicted octanol–water partition coefficient (Wildman–Crippen LogP) is 2.92. The van der Waals surface area contributed by atoms with Crippen LogP contribution in [0.1, 0.15) is 12.0 Å². The predicted molar refractivity (Wildman–Crippen MR) is 73.3 cm³/mol. The van der Waals surface area contributed by atoms with Gasteiger partial charge in [-0.25, -0.2) is 10.2 Å². The van der Waals surface area contributed by atoms with E-state index in [9.17, 15) is 0 Å². The van der Waals surface area contributed by atoms with E-state index in [1.165, 1.54) is 11.1 Å². The molecule has 0 amide bonds. The Hall–Kier alpha value is -2.00. The van der Waals surface area contributed by atoms with E-state index in [0.717, 1.165) is 12.5 Å². The maximum Gasteiger partial charge on any atom is 0.231 e. The van der Waals surface area contributed by atoms with Crippen molar-refractivity contribution < 1.29 is 14.3 Å². The van der Waals surface area contributed by atoms with Gasteiger partial charge in [0.15, 0.2) is 5.79 Å². The molecule has 4 heteroatoms. The van der Waals surface area contributed by atoms with E-state index in [1.54, 1.807) is 14.2 Å². The van der Waals surface area contributed by atoms with Crippen LogP contribution in [-0.4, -0.2) is 26.1 Å². The highest BCUT2D eigenvalue weighted by atomic mass is 16.7. The minimum Gasteiger partial charge on any atom is -0.349 e. The Labute approximate surface area is 112 Å². The van der Waals surface area contributed by atoms with Crippen LogP contribution in [-0.2, 0) is 14.3 Å². The Kier molecular flexibility index (Phi) is 5.90. The highest BCUT2D eigenvalue weighted by Gasteiger charge is 2.29. The number of nitrogens with one attached hydrogen (secondary N) is 1. The number of isocyanates is 1. The first kappa shape index (κ1) is 15.1. The fourth-order valence-electron chi connectivity index (χ4n) is 1.91. The van der Waals surface area contributed by atoms with Crippen LogP contribution in [0.4, 0.5) is 0 Å². The number of benzene rings is 1. The third kappa shape index (κ3) is 4.00. The zero-order chi connectivity index (χ0) is 14.1. The first-order valence-electron chi connectivity index (χ1n) is 5.79. The van der Waals surface area contributed by atoms with Crippen LogP contribution in [0.2, 0.25) is 0 Å². The Morgan fingerprint density at radius 2 is 1.79 bits per heavy atom. The molecule has 0 saturated heterocycles. The highest BCUT2D eigenvalue weighted by molar-refractivity contribution is 5.69. The fourth-order valence-corrected chi connectivity index (χ4v) is 1.91. The maximum atomic E-state index is 8.35. The summed E-state index contributed by atoms with van der Waals surface area (Å²) in [4.78, 5) is 8.35. The molecule has 1 aliphatic carbocycles. The first-order valence-corrected chi connectivity index (χ1v) is 5.79. The summed E-state index contributed by atoms with van der Waals surface area (Å²) in [5.74, 6) is -0.611. The van der Waals surface area contributed by atoms with Crippen molar-refractivity contribution in [1.82, 2.24) is 0 Å². The van der Waals surface area contributed by atoms with Gasteiger partial charge in [0.2, 0.25) is 6.08 Å². The van der Waals surface area contributed by atoms with Crippen LogP contribution in [0.25, 0.3) is 5.57 Å². The lowest BCUT2D eigenvalue weighted by molar-refractivity contribution is -0.166. The van der Waals surface area contributed by atoms with Crippen LogP contribution >= 0.6 is 0 Å². The van der Waals surface area contributed by atoms with Crippen LogP contribution in [0.15, 0.2) is 48.6 Å². The molecule has 1 aliphatic rings. The van der Waals surface area contributed by atoms with Crippen molar-refractivity contribution in [3.05, 3.63) is 54.1 Å².